The summed E-state index contributed by atoms with van der Waals surface area (Å²) in [6.45, 7) is 5.38. The van der Waals surface area contributed by atoms with Crippen LogP contribution < -0.4 is 10.1 Å². The van der Waals surface area contributed by atoms with Crippen LogP contribution >= 0.6 is 0 Å². The number of ether oxygens (including phenoxy) is 2. The molecule has 4 nitrogen and oxygen atoms in total. The molecule has 4 heteroatoms. The van der Waals surface area contributed by atoms with Crippen molar-refractivity contribution < 1.29 is 9.47 Å². The van der Waals surface area contributed by atoms with Gasteiger partial charge in [0.05, 0.1) is 13.7 Å². The smallest absolute Gasteiger partial charge is 0.217 e. The number of nitrogens with one attached hydrogen (secondary N) is 1. The van der Waals surface area contributed by atoms with E-state index in [1.54, 1.807) is 13.3 Å². The first kappa shape index (κ1) is 13.9. The fourth-order valence-corrected chi connectivity index (χ4v) is 1.46. The summed E-state index contributed by atoms with van der Waals surface area (Å²) in [5.41, 5.74) is 1.07. The summed E-state index contributed by atoms with van der Waals surface area (Å²) in [7, 11) is 1.64. The molecule has 1 N–H and O–H groups in total. The first-order valence-electron chi connectivity index (χ1n) is 6.14. The molecule has 0 atom stereocenters. The standard InChI is InChI=1S/C13H22N2O2/c1-3-4-9-17-10-8-14-11-12-6-5-7-15-13(12)16-2/h5-7,14H,3-4,8-11H2,1-2H3. The lowest BCUT2D eigenvalue weighted by Crippen LogP contribution is -2.20. The second-order valence-electron chi connectivity index (χ2n) is 3.81. The Morgan fingerprint density at radius 1 is 1.35 bits per heavy atom. The number of pyridine rings is 1. The SMILES string of the molecule is CCCCOCCNCc1cccnc1OC. The molecule has 0 aliphatic rings. The number of hydrogen-bond acceptors (Lipinski definition) is 4. The number of rotatable bonds is 9. The van der Waals surface area contributed by atoms with Gasteiger partial charge in [0.15, 0.2) is 0 Å². The molecule has 17 heavy (non-hydrogen) atoms. The predicted octanol–water partition coefficient (Wildman–Crippen LogP) is 2.00. The monoisotopic (exact) mass is 238 g/mol. The highest BCUT2D eigenvalue weighted by Crippen LogP contribution is 2.12. The van der Waals surface area contributed by atoms with Crippen LogP contribution in [0.4, 0.5) is 0 Å². The van der Waals surface area contributed by atoms with Gasteiger partial charge in [-0.1, -0.05) is 19.4 Å². The number of methoxy groups -OCH3 is 1. The topological polar surface area (TPSA) is 43.4 Å². The zero-order valence-electron chi connectivity index (χ0n) is 10.7. The lowest BCUT2D eigenvalue weighted by molar-refractivity contribution is 0.133. The minimum Gasteiger partial charge on any atom is -0.481 e. The highest BCUT2D eigenvalue weighted by atomic mass is 16.5. The Balaban J connectivity index is 2.13. The molecule has 1 rings (SSSR count). The summed E-state index contributed by atoms with van der Waals surface area (Å²) in [5, 5.41) is 3.31. The van der Waals surface area contributed by atoms with Crippen molar-refractivity contribution in [1.82, 2.24) is 10.3 Å². The zero-order valence-corrected chi connectivity index (χ0v) is 10.7. The Bertz CT molecular complexity index is 305. The lowest BCUT2D eigenvalue weighted by atomic mass is 10.2. The van der Waals surface area contributed by atoms with Crippen molar-refractivity contribution in [1.29, 1.82) is 0 Å². The minimum absolute atomic E-state index is 0.687. The molecule has 0 aromatic carbocycles. The summed E-state index contributed by atoms with van der Waals surface area (Å²) < 4.78 is 10.6. The maximum Gasteiger partial charge on any atom is 0.217 e. The molecular formula is C13H22N2O2. The normalized spacial score (nSPS) is 10.5. The highest BCUT2D eigenvalue weighted by molar-refractivity contribution is 5.24. The summed E-state index contributed by atoms with van der Waals surface area (Å²) in [4.78, 5) is 4.14. The summed E-state index contributed by atoms with van der Waals surface area (Å²) in [6.07, 6.45) is 4.05. The van der Waals surface area contributed by atoms with E-state index >= 15 is 0 Å². The van der Waals surface area contributed by atoms with Crippen LogP contribution in [0.5, 0.6) is 5.88 Å². The van der Waals surface area contributed by atoms with Crippen LogP contribution in [0.2, 0.25) is 0 Å². The van der Waals surface area contributed by atoms with E-state index in [1.165, 1.54) is 6.42 Å². The predicted molar refractivity (Wildman–Crippen MR) is 68.2 cm³/mol. The van der Waals surface area contributed by atoms with Crippen molar-refractivity contribution in [3.63, 3.8) is 0 Å². The Hall–Kier alpha value is -1.13. The first-order chi connectivity index (χ1) is 8.38. The zero-order chi connectivity index (χ0) is 12.3. The lowest BCUT2D eigenvalue weighted by Gasteiger charge is -2.08. The average Bonchev–Trinajstić information content (AvgIpc) is 2.38. The third kappa shape index (κ3) is 5.65. The van der Waals surface area contributed by atoms with Gasteiger partial charge in [0, 0.05) is 31.5 Å². The van der Waals surface area contributed by atoms with E-state index < -0.39 is 0 Å². The van der Waals surface area contributed by atoms with Crippen molar-refractivity contribution >= 4 is 0 Å². The van der Waals surface area contributed by atoms with Crippen LogP contribution in [-0.4, -0.2) is 31.9 Å². The van der Waals surface area contributed by atoms with Crippen molar-refractivity contribution in [3.8, 4) is 5.88 Å². The molecule has 96 valence electrons. The molecule has 0 bridgehead atoms. The largest absolute Gasteiger partial charge is 0.481 e. The van der Waals surface area contributed by atoms with E-state index in [4.69, 9.17) is 9.47 Å². The Morgan fingerprint density at radius 3 is 3.00 bits per heavy atom. The van der Waals surface area contributed by atoms with Gasteiger partial charge < -0.3 is 14.8 Å². The third-order valence-corrected chi connectivity index (χ3v) is 2.42. The van der Waals surface area contributed by atoms with Crippen LogP contribution in [0, 0.1) is 0 Å². The average molecular weight is 238 g/mol. The van der Waals surface area contributed by atoms with Gasteiger partial charge in [-0.15, -0.1) is 0 Å². The molecule has 0 spiro atoms. The second kappa shape index (κ2) is 8.96. The highest BCUT2D eigenvalue weighted by Gasteiger charge is 2.01. The van der Waals surface area contributed by atoms with Gasteiger partial charge in [-0.3, -0.25) is 0 Å². The summed E-state index contributed by atoms with van der Waals surface area (Å²) in [5.74, 6) is 0.687. The molecule has 0 amide bonds. The quantitative estimate of drug-likeness (QED) is 0.668. The molecule has 0 unspecified atom stereocenters. The molecule has 0 saturated heterocycles. The van der Waals surface area contributed by atoms with Crippen molar-refractivity contribution in [3.05, 3.63) is 23.9 Å². The molecule has 0 aliphatic heterocycles. The Labute approximate surface area is 103 Å². The van der Waals surface area contributed by atoms with Crippen LogP contribution in [-0.2, 0) is 11.3 Å². The molecule has 0 aliphatic carbocycles. The van der Waals surface area contributed by atoms with E-state index in [0.29, 0.717) is 5.88 Å². The van der Waals surface area contributed by atoms with Gasteiger partial charge in [-0.05, 0) is 12.5 Å². The van der Waals surface area contributed by atoms with Crippen molar-refractivity contribution in [2.45, 2.75) is 26.3 Å². The summed E-state index contributed by atoms with van der Waals surface area (Å²) >= 11 is 0. The van der Waals surface area contributed by atoms with Gasteiger partial charge in [0.2, 0.25) is 5.88 Å². The Morgan fingerprint density at radius 2 is 2.24 bits per heavy atom. The third-order valence-electron chi connectivity index (χ3n) is 2.42. The first-order valence-corrected chi connectivity index (χ1v) is 6.14. The van der Waals surface area contributed by atoms with Crippen molar-refractivity contribution in [2.75, 3.05) is 26.9 Å². The molecule has 0 fully saturated rings. The van der Waals surface area contributed by atoms with E-state index in [2.05, 4.69) is 17.2 Å². The van der Waals surface area contributed by atoms with Gasteiger partial charge in [0.1, 0.15) is 0 Å². The van der Waals surface area contributed by atoms with Gasteiger partial charge in [0.25, 0.3) is 0 Å². The van der Waals surface area contributed by atoms with Crippen LogP contribution in [0.1, 0.15) is 25.3 Å². The number of hydrogen-bond donors (Lipinski definition) is 1. The molecule has 1 heterocycles. The van der Waals surface area contributed by atoms with Gasteiger partial charge in [-0.2, -0.15) is 0 Å². The van der Waals surface area contributed by atoms with E-state index in [1.807, 2.05) is 12.1 Å². The van der Waals surface area contributed by atoms with E-state index in [9.17, 15) is 0 Å². The fraction of sp³-hybridized carbons (Fsp3) is 0.615. The molecular weight excluding hydrogens is 216 g/mol. The number of nitrogens with zero attached hydrogens (tertiary/aromatic N) is 1. The second-order valence-corrected chi connectivity index (χ2v) is 3.81. The number of unbranched alkanes of at least 4 members (excludes halogenated alkanes) is 1. The minimum atomic E-state index is 0.687. The van der Waals surface area contributed by atoms with Gasteiger partial charge in [-0.25, -0.2) is 4.98 Å². The van der Waals surface area contributed by atoms with Crippen LogP contribution in [0.25, 0.3) is 0 Å². The maximum atomic E-state index is 5.46. The van der Waals surface area contributed by atoms with E-state index in [0.717, 1.165) is 38.3 Å². The van der Waals surface area contributed by atoms with Crippen LogP contribution in [0.15, 0.2) is 18.3 Å². The van der Waals surface area contributed by atoms with E-state index in [-0.39, 0.29) is 0 Å². The molecule has 1 aromatic heterocycles. The summed E-state index contributed by atoms with van der Waals surface area (Å²) in [6, 6.07) is 3.92. The maximum absolute atomic E-state index is 5.46. The van der Waals surface area contributed by atoms with Crippen molar-refractivity contribution in [2.24, 2.45) is 0 Å². The molecule has 1 aromatic rings. The molecule has 0 radical (unpaired) electrons. The van der Waals surface area contributed by atoms with Crippen LogP contribution in [0.3, 0.4) is 0 Å². The number of aromatic nitrogens is 1. The van der Waals surface area contributed by atoms with Gasteiger partial charge >= 0.3 is 0 Å². The molecule has 0 saturated carbocycles. The fourth-order valence-electron chi connectivity index (χ4n) is 1.46. The Kier molecular flexibility index (Phi) is 7.34.